The van der Waals surface area contributed by atoms with Crippen molar-refractivity contribution < 1.29 is 4.79 Å². The average molecular weight is 301 g/mol. The van der Waals surface area contributed by atoms with Crippen molar-refractivity contribution in [2.24, 2.45) is 5.41 Å². The van der Waals surface area contributed by atoms with Crippen LogP contribution in [0.5, 0.6) is 0 Å². The van der Waals surface area contributed by atoms with Crippen LogP contribution in [0.2, 0.25) is 0 Å². The number of hydrogen-bond donors (Lipinski definition) is 1. The van der Waals surface area contributed by atoms with Crippen LogP contribution in [-0.4, -0.2) is 50.1 Å². The van der Waals surface area contributed by atoms with E-state index in [4.69, 9.17) is 0 Å². The number of carbonyl (C=O) groups excluding carboxylic acids is 1. The van der Waals surface area contributed by atoms with Gasteiger partial charge in [0.1, 0.15) is 0 Å². The number of rotatable bonds is 2. The summed E-state index contributed by atoms with van der Waals surface area (Å²) in [6.45, 7) is 9.64. The van der Waals surface area contributed by atoms with Gasteiger partial charge in [-0.1, -0.05) is 12.1 Å². The minimum absolute atomic E-state index is 0.205. The third-order valence-electron chi connectivity index (χ3n) is 5.05. The smallest absolute Gasteiger partial charge is 0.229 e. The first-order valence-corrected chi connectivity index (χ1v) is 8.40. The molecule has 4 nitrogen and oxygen atoms in total. The molecule has 4 heteroatoms. The number of amides is 1. The van der Waals surface area contributed by atoms with Crippen molar-refractivity contribution in [2.75, 3.05) is 44.2 Å². The van der Waals surface area contributed by atoms with Crippen molar-refractivity contribution in [3.05, 3.63) is 29.8 Å². The molecule has 2 aliphatic rings. The van der Waals surface area contributed by atoms with E-state index in [2.05, 4.69) is 53.2 Å². The van der Waals surface area contributed by atoms with Gasteiger partial charge in [0.15, 0.2) is 0 Å². The number of nitrogens with zero attached hydrogens (tertiary/aromatic N) is 2. The minimum atomic E-state index is -0.205. The van der Waals surface area contributed by atoms with Crippen LogP contribution in [0.25, 0.3) is 0 Å². The molecule has 0 saturated carbocycles. The Morgan fingerprint density at radius 2 is 2.00 bits per heavy atom. The van der Waals surface area contributed by atoms with Gasteiger partial charge in [0, 0.05) is 38.4 Å². The fraction of sp³-hybridized carbons (Fsp3) is 0.611. The Labute approximate surface area is 133 Å². The van der Waals surface area contributed by atoms with Crippen molar-refractivity contribution >= 4 is 11.6 Å². The molecule has 22 heavy (non-hydrogen) atoms. The predicted octanol–water partition coefficient (Wildman–Crippen LogP) is 2.03. The molecule has 2 fully saturated rings. The maximum Gasteiger partial charge on any atom is 0.229 e. The molecular weight excluding hydrogens is 274 g/mol. The van der Waals surface area contributed by atoms with Gasteiger partial charge in [-0.15, -0.1) is 0 Å². The zero-order valence-corrected chi connectivity index (χ0v) is 13.8. The van der Waals surface area contributed by atoms with E-state index in [1.807, 2.05) is 0 Å². The van der Waals surface area contributed by atoms with Crippen LogP contribution in [0.1, 0.15) is 25.3 Å². The van der Waals surface area contributed by atoms with Crippen LogP contribution >= 0.6 is 0 Å². The highest BCUT2D eigenvalue weighted by atomic mass is 16.2. The number of hydrogen-bond acceptors (Lipinski definition) is 3. The van der Waals surface area contributed by atoms with Crippen LogP contribution in [0.15, 0.2) is 24.3 Å². The summed E-state index contributed by atoms with van der Waals surface area (Å²) in [6.07, 6.45) is 2.11. The molecule has 120 valence electrons. The van der Waals surface area contributed by atoms with Gasteiger partial charge in [-0.2, -0.15) is 0 Å². The molecule has 2 saturated heterocycles. The van der Waals surface area contributed by atoms with E-state index in [0.29, 0.717) is 5.91 Å². The highest BCUT2D eigenvalue weighted by Crippen LogP contribution is 2.29. The second-order valence-electron chi connectivity index (χ2n) is 6.96. The number of nitrogens with one attached hydrogen (secondary N) is 1. The summed E-state index contributed by atoms with van der Waals surface area (Å²) >= 11 is 0. The molecule has 1 unspecified atom stereocenters. The first kappa shape index (κ1) is 15.3. The molecule has 2 aliphatic heterocycles. The Morgan fingerprint density at radius 1 is 1.23 bits per heavy atom. The lowest BCUT2D eigenvalue weighted by atomic mass is 9.81. The second-order valence-corrected chi connectivity index (χ2v) is 6.96. The SMILES string of the molecule is Cc1cccc(N2CCN(C(=O)C3(C)CCCNC3)CC2)c1. The van der Waals surface area contributed by atoms with Crippen LogP contribution in [-0.2, 0) is 4.79 Å². The molecule has 3 rings (SSSR count). The number of aryl methyl sites for hydroxylation is 1. The number of anilines is 1. The molecule has 2 heterocycles. The number of piperazine rings is 1. The zero-order valence-electron chi connectivity index (χ0n) is 13.8. The topological polar surface area (TPSA) is 35.6 Å². The molecular formula is C18H27N3O. The quantitative estimate of drug-likeness (QED) is 0.908. The van der Waals surface area contributed by atoms with E-state index < -0.39 is 0 Å². The normalized spacial score (nSPS) is 26.1. The van der Waals surface area contributed by atoms with Gasteiger partial charge in [0.25, 0.3) is 0 Å². The predicted molar refractivity (Wildman–Crippen MR) is 90.2 cm³/mol. The Bertz CT molecular complexity index is 529. The summed E-state index contributed by atoms with van der Waals surface area (Å²) in [5.41, 5.74) is 2.36. The first-order valence-electron chi connectivity index (χ1n) is 8.40. The van der Waals surface area contributed by atoms with Gasteiger partial charge in [-0.25, -0.2) is 0 Å². The summed E-state index contributed by atoms with van der Waals surface area (Å²) in [7, 11) is 0. The molecule has 0 aliphatic carbocycles. The lowest BCUT2D eigenvalue weighted by Gasteiger charge is -2.42. The van der Waals surface area contributed by atoms with Crippen molar-refractivity contribution in [1.82, 2.24) is 10.2 Å². The molecule has 0 aromatic heterocycles. The number of piperidine rings is 1. The second kappa shape index (κ2) is 6.29. The van der Waals surface area contributed by atoms with Gasteiger partial charge in [-0.05, 0) is 50.9 Å². The third-order valence-corrected chi connectivity index (χ3v) is 5.05. The highest BCUT2D eigenvalue weighted by molar-refractivity contribution is 5.83. The van der Waals surface area contributed by atoms with E-state index in [1.54, 1.807) is 0 Å². The largest absolute Gasteiger partial charge is 0.368 e. The molecule has 0 radical (unpaired) electrons. The summed E-state index contributed by atoms with van der Waals surface area (Å²) < 4.78 is 0. The zero-order chi connectivity index (χ0) is 15.6. The third kappa shape index (κ3) is 3.12. The van der Waals surface area contributed by atoms with E-state index >= 15 is 0 Å². The van der Waals surface area contributed by atoms with Crippen LogP contribution < -0.4 is 10.2 Å². The summed E-state index contributed by atoms with van der Waals surface area (Å²) in [4.78, 5) is 17.3. The number of benzene rings is 1. The van der Waals surface area contributed by atoms with Crippen LogP contribution in [0.3, 0.4) is 0 Å². The van der Waals surface area contributed by atoms with Gasteiger partial charge in [-0.3, -0.25) is 4.79 Å². The first-order chi connectivity index (χ1) is 10.6. The van der Waals surface area contributed by atoms with Gasteiger partial charge in [0.2, 0.25) is 5.91 Å². The average Bonchev–Trinajstić information content (AvgIpc) is 2.55. The molecule has 1 aromatic rings. The van der Waals surface area contributed by atoms with Crippen LogP contribution in [0.4, 0.5) is 5.69 Å². The Hall–Kier alpha value is -1.55. The lowest BCUT2D eigenvalue weighted by molar-refractivity contribution is -0.142. The molecule has 1 N–H and O–H groups in total. The van der Waals surface area contributed by atoms with Gasteiger partial charge >= 0.3 is 0 Å². The standard InChI is InChI=1S/C18H27N3O/c1-15-5-3-6-16(13-15)20-9-11-21(12-10-20)17(22)18(2)7-4-8-19-14-18/h3,5-6,13,19H,4,7-12,14H2,1-2H3. The molecule has 0 bridgehead atoms. The van der Waals surface area contributed by atoms with E-state index in [0.717, 1.165) is 52.1 Å². The van der Waals surface area contributed by atoms with Crippen molar-refractivity contribution in [2.45, 2.75) is 26.7 Å². The van der Waals surface area contributed by atoms with Crippen LogP contribution in [0, 0.1) is 12.3 Å². The van der Waals surface area contributed by atoms with E-state index in [1.165, 1.54) is 11.3 Å². The summed E-state index contributed by atoms with van der Waals surface area (Å²) in [6, 6.07) is 8.62. The Balaban J connectivity index is 1.60. The molecule has 1 amide bonds. The van der Waals surface area contributed by atoms with E-state index in [9.17, 15) is 4.79 Å². The van der Waals surface area contributed by atoms with Crippen molar-refractivity contribution in [3.8, 4) is 0 Å². The highest BCUT2D eigenvalue weighted by Gasteiger charge is 2.38. The monoisotopic (exact) mass is 301 g/mol. The fourth-order valence-corrected chi connectivity index (χ4v) is 3.61. The molecule has 1 aromatic carbocycles. The summed E-state index contributed by atoms with van der Waals surface area (Å²) in [5, 5.41) is 3.38. The van der Waals surface area contributed by atoms with Gasteiger partial charge in [0.05, 0.1) is 5.41 Å². The maximum absolute atomic E-state index is 12.8. The fourth-order valence-electron chi connectivity index (χ4n) is 3.61. The van der Waals surface area contributed by atoms with Crippen molar-refractivity contribution in [3.63, 3.8) is 0 Å². The lowest BCUT2D eigenvalue weighted by Crippen LogP contribution is -2.55. The molecule has 0 spiro atoms. The van der Waals surface area contributed by atoms with Gasteiger partial charge < -0.3 is 15.1 Å². The van der Waals surface area contributed by atoms with E-state index in [-0.39, 0.29) is 5.41 Å². The Morgan fingerprint density at radius 3 is 2.64 bits per heavy atom. The maximum atomic E-state index is 12.8. The minimum Gasteiger partial charge on any atom is -0.368 e. The number of carbonyl (C=O) groups is 1. The van der Waals surface area contributed by atoms with Crippen molar-refractivity contribution in [1.29, 1.82) is 0 Å². The molecule has 1 atom stereocenters. The summed E-state index contributed by atoms with van der Waals surface area (Å²) in [5.74, 6) is 0.337. The Kier molecular flexibility index (Phi) is 4.39.